The van der Waals surface area contributed by atoms with Crippen LogP contribution in [-0.2, 0) is 0 Å². The number of alkyl halides is 1. The van der Waals surface area contributed by atoms with E-state index in [9.17, 15) is 0 Å². The third-order valence-electron chi connectivity index (χ3n) is 0.937. The van der Waals surface area contributed by atoms with Gasteiger partial charge in [-0.1, -0.05) is 0 Å². The van der Waals surface area contributed by atoms with Crippen LogP contribution in [0.1, 0.15) is 0 Å². The Balaban J connectivity index is 4.14. The maximum Gasteiger partial charge on any atom is 0.159 e. The normalized spacial score (nSPS) is 14.0. The van der Waals surface area contributed by atoms with Gasteiger partial charge in [-0.15, -0.1) is 11.8 Å². The Kier molecular flexibility index (Phi) is 3.18. The first-order chi connectivity index (χ1) is 3.81. The van der Waals surface area contributed by atoms with E-state index < -0.39 is 8.66 Å². The summed E-state index contributed by atoms with van der Waals surface area (Å²) >= 11 is 3.04. The average Bonchev–Trinajstić information content (AvgIpc) is 1.64. The SMILES string of the molecule is CSC(N)(N)C(N)(N)I. The highest BCUT2D eigenvalue weighted by Gasteiger charge is 2.36. The molecular formula is C3H11IN4S. The van der Waals surface area contributed by atoms with Crippen LogP contribution in [0, 0.1) is 0 Å². The Morgan fingerprint density at radius 3 is 1.56 bits per heavy atom. The monoisotopic (exact) mass is 262 g/mol. The van der Waals surface area contributed by atoms with Crippen molar-refractivity contribution in [1.82, 2.24) is 0 Å². The van der Waals surface area contributed by atoms with Crippen LogP contribution in [0.25, 0.3) is 0 Å². The van der Waals surface area contributed by atoms with Gasteiger partial charge in [0, 0.05) is 0 Å². The van der Waals surface area contributed by atoms with Gasteiger partial charge in [-0.25, -0.2) is 0 Å². The standard InChI is InChI=1S/C3H11IN4S/c1-9-3(7,8)2(4,5)6/h5-8H2,1H3. The lowest BCUT2D eigenvalue weighted by Crippen LogP contribution is -2.70. The zero-order valence-corrected chi connectivity index (χ0v) is 8.07. The molecule has 0 bridgehead atoms. The molecule has 56 valence electrons. The molecule has 0 heterocycles. The number of hydrogen-bond acceptors (Lipinski definition) is 5. The molecule has 0 saturated carbocycles. The molecule has 0 aromatic heterocycles. The average molecular weight is 262 g/mol. The van der Waals surface area contributed by atoms with Gasteiger partial charge in [0.15, 0.2) is 8.66 Å². The summed E-state index contributed by atoms with van der Waals surface area (Å²) < 4.78 is -1.07. The first kappa shape index (κ1) is 9.92. The third kappa shape index (κ3) is 2.56. The Bertz CT molecular complexity index is 98.5. The minimum absolute atomic E-state index is 1.06. The van der Waals surface area contributed by atoms with Gasteiger partial charge in [-0.2, -0.15) is 0 Å². The van der Waals surface area contributed by atoms with Gasteiger partial charge in [-0.3, -0.25) is 0 Å². The highest BCUT2D eigenvalue weighted by atomic mass is 127. The fraction of sp³-hybridized carbons (Fsp3) is 1.00. The molecule has 0 aromatic carbocycles. The van der Waals surface area contributed by atoms with Crippen LogP contribution in [0.15, 0.2) is 0 Å². The summed E-state index contributed by atoms with van der Waals surface area (Å²) in [7, 11) is 0. The first-order valence-corrected chi connectivity index (χ1v) is 4.51. The van der Waals surface area contributed by atoms with E-state index in [-0.39, 0.29) is 0 Å². The molecule has 0 amide bonds. The lowest BCUT2D eigenvalue weighted by molar-refractivity contribution is 0.491. The molecule has 0 rings (SSSR count). The highest BCUT2D eigenvalue weighted by molar-refractivity contribution is 14.1. The highest BCUT2D eigenvalue weighted by Crippen LogP contribution is 2.22. The Morgan fingerprint density at radius 2 is 1.56 bits per heavy atom. The van der Waals surface area contributed by atoms with Crippen molar-refractivity contribution in [3.63, 3.8) is 0 Å². The molecule has 0 radical (unpaired) electrons. The van der Waals surface area contributed by atoms with Crippen molar-refractivity contribution >= 4 is 34.4 Å². The van der Waals surface area contributed by atoms with Crippen molar-refractivity contribution in [1.29, 1.82) is 0 Å². The summed E-state index contributed by atoms with van der Waals surface area (Å²) in [6.07, 6.45) is 1.76. The molecule has 0 aromatic rings. The summed E-state index contributed by atoms with van der Waals surface area (Å²) in [6, 6.07) is 0. The van der Waals surface area contributed by atoms with Crippen LogP contribution in [0.5, 0.6) is 0 Å². The lowest BCUT2D eigenvalue weighted by Gasteiger charge is -2.33. The zero-order chi connectivity index (χ0) is 7.71. The van der Waals surface area contributed by atoms with Gasteiger partial charge in [0.1, 0.15) is 0 Å². The van der Waals surface area contributed by atoms with Gasteiger partial charge >= 0.3 is 0 Å². The molecule has 9 heavy (non-hydrogen) atoms. The van der Waals surface area contributed by atoms with E-state index in [2.05, 4.69) is 0 Å². The van der Waals surface area contributed by atoms with E-state index in [0.717, 1.165) is 0 Å². The summed E-state index contributed by atoms with van der Waals surface area (Å²) in [5.41, 5.74) is 21.8. The fourth-order valence-corrected chi connectivity index (χ4v) is 1.13. The Morgan fingerprint density at radius 1 is 1.22 bits per heavy atom. The quantitative estimate of drug-likeness (QED) is 0.219. The number of nitrogens with two attached hydrogens (primary N) is 4. The molecular weight excluding hydrogens is 251 g/mol. The molecule has 0 aliphatic heterocycles. The molecule has 6 heteroatoms. The summed E-state index contributed by atoms with van der Waals surface area (Å²) in [6.45, 7) is 0. The van der Waals surface area contributed by atoms with E-state index in [1.165, 1.54) is 11.8 Å². The number of halogens is 1. The van der Waals surface area contributed by atoms with Gasteiger partial charge in [0.05, 0.1) is 0 Å². The third-order valence-corrected chi connectivity index (χ3v) is 3.21. The number of rotatable bonds is 2. The van der Waals surface area contributed by atoms with Crippen LogP contribution in [0.4, 0.5) is 0 Å². The van der Waals surface area contributed by atoms with Gasteiger partial charge < -0.3 is 22.9 Å². The second-order valence-corrected chi connectivity index (χ2v) is 4.63. The van der Waals surface area contributed by atoms with E-state index in [1.54, 1.807) is 28.8 Å². The molecule has 0 aliphatic carbocycles. The van der Waals surface area contributed by atoms with Crippen molar-refractivity contribution in [2.75, 3.05) is 6.26 Å². The predicted octanol–water partition coefficient (Wildman–Crippen LogP) is -1.07. The summed E-state index contributed by atoms with van der Waals surface area (Å²) in [4.78, 5) is -1.06. The lowest BCUT2D eigenvalue weighted by atomic mass is 10.4. The predicted molar refractivity (Wildman–Crippen MR) is 49.7 cm³/mol. The van der Waals surface area contributed by atoms with Crippen LogP contribution < -0.4 is 22.9 Å². The molecule has 0 saturated heterocycles. The van der Waals surface area contributed by atoms with E-state index >= 15 is 0 Å². The van der Waals surface area contributed by atoms with Crippen molar-refractivity contribution in [2.45, 2.75) is 8.66 Å². The molecule has 8 N–H and O–H groups in total. The van der Waals surface area contributed by atoms with Crippen molar-refractivity contribution in [3.8, 4) is 0 Å². The van der Waals surface area contributed by atoms with Crippen LogP contribution >= 0.6 is 34.4 Å². The van der Waals surface area contributed by atoms with Gasteiger partial charge in [-0.05, 0) is 28.8 Å². The van der Waals surface area contributed by atoms with E-state index in [0.29, 0.717) is 0 Å². The number of hydrogen-bond donors (Lipinski definition) is 4. The smallest absolute Gasteiger partial charge is 0.159 e. The first-order valence-electron chi connectivity index (χ1n) is 2.21. The Hall–Kier alpha value is 0.920. The van der Waals surface area contributed by atoms with Crippen LogP contribution in [0.2, 0.25) is 0 Å². The molecule has 0 unspecified atom stereocenters. The number of thioether (sulfide) groups is 1. The van der Waals surface area contributed by atoms with Crippen molar-refractivity contribution in [3.05, 3.63) is 0 Å². The molecule has 0 spiro atoms. The Labute approximate surface area is 72.2 Å². The summed E-state index contributed by atoms with van der Waals surface area (Å²) in [5, 5.41) is 0. The molecule has 0 fully saturated rings. The minimum Gasteiger partial charge on any atom is -0.302 e. The van der Waals surface area contributed by atoms with Crippen molar-refractivity contribution in [2.24, 2.45) is 22.9 Å². The van der Waals surface area contributed by atoms with Crippen LogP contribution in [-0.4, -0.2) is 14.9 Å². The molecule has 0 aliphatic rings. The molecule has 4 nitrogen and oxygen atoms in total. The topological polar surface area (TPSA) is 104 Å². The van der Waals surface area contributed by atoms with Gasteiger partial charge in [0.25, 0.3) is 0 Å². The van der Waals surface area contributed by atoms with E-state index in [1.807, 2.05) is 0 Å². The van der Waals surface area contributed by atoms with Crippen molar-refractivity contribution < 1.29 is 0 Å². The second kappa shape index (κ2) is 2.89. The largest absolute Gasteiger partial charge is 0.302 e. The zero-order valence-electron chi connectivity index (χ0n) is 5.10. The minimum atomic E-state index is -1.07. The van der Waals surface area contributed by atoms with E-state index in [4.69, 9.17) is 22.9 Å². The fourth-order valence-electron chi connectivity index (χ4n) is 0.156. The molecule has 0 atom stereocenters. The maximum atomic E-state index is 5.48. The van der Waals surface area contributed by atoms with Gasteiger partial charge in [0.2, 0.25) is 0 Å². The summed E-state index contributed by atoms with van der Waals surface area (Å²) in [5.74, 6) is 0. The maximum absolute atomic E-state index is 5.48. The second-order valence-electron chi connectivity index (χ2n) is 1.77. The van der Waals surface area contributed by atoms with Crippen LogP contribution in [0.3, 0.4) is 0 Å².